The number of nitrogens with zero attached hydrogens (tertiary/aromatic N) is 3. The molecular formula is C21H24ClN3O4. The molecule has 4 amide bonds. The lowest BCUT2D eigenvalue weighted by Gasteiger charge is -2.34. The predicted octanol–water partition coefficient (Wildman–Crippen LogP) is 2.14. The molecule has 0 atom stereocenters. The Morgan fingerprint density at radius 3 is 2.17 bits per heavy atom. The lowest BCUT2D eigenvalue weighted by molar-refractivity contribution is -0.129. The van der Waals surface area contributed by atoms with E-state index in [0.717, 1.165) is 32.1 Å². The molecule has 1 aliphatic carbocycles. The monoisotopic (exact) mass is 417 g/mol. The van der Waals surface area contributed by atoms with Crippen molar-refractivity contribution in [1.29, 1.82) is 0 Å². The van der Waals surface area contributed by atoms with Crippen molar-refractivity contribution < 1.29 is 19.2 Å². The SMILES string of the molecule is O=C(CCl)N1CCN(C(=O)c2ccc3c(c2)C(=O)N(C2CCCCC2)C3=O)CC1. The summed E-state index contributed by atoms with van der Waals surface area (Å²) >= 11 is 5.59. The zero-order valence-electron chi connectivity index (χ0n) is 16.2. The lowest BCUT2D eigenvalue weighted by atomic mass is 9.94. The first-order valence-electron chi connectivity index (χ1n) is 10.2. The van der Waals surface area contributed by atoms with Gasteiger partial charge < -0.3 is 9.80 Å². The molecule has 2 fully saturated rings. The van der Waals surface area contributed by atoms with E-state index >= 15 is 0 Å². The van der Waals surface area contributed by atoms with Crippen LogP contribution in [0.5, 0.6) is 0 Å². The van der Waals surface area contributed by atoms with E-state index in [1.54, 1.807) is 28.0 Å². The number of imide groups is 1. The number of rotatable bonds is 3. The topological polar surface area (TPSA) is 78.0 Å². The smallest absolute Gasteiger partial charge is 0.261 e. The number of carbonyl (C=O) groups is 4. The van der Waals surface area contributed by atoms with Gasteiger partial charge in [0.25, 0.3) is 17.7 Å². The van der Waals surface area contributed by atoms with Crippen molar-refractivity contribution in [2.75, 3.05) is 32.1 Å². The molecule has 1 saturated carbocycles. The van der Waals surface area contributed by atoms with Gasteiger partial charge in [-0.3, -0.25) is 24.1 Å². The number of hydrogen-bond acceptors (Lipinski definition) is 4. The average Bonchev–Trinajstić information content (AvgIpc) is 3.03. The van der Waals surface area contributed by atoms with Gasteiger partial charge in [-0.05, 0) is 31.0 Å². The van der Waals surface area contributed by atoms with Gasteiger partial charge in [0, 0.05) is 37.8 Å². The molecular weight excluding hydrogens is 394 g/mol. The molecule has 0 N–H and O–H groups in total. The van der Waals surface area contributed by atoms with Gasteiger partial charge in [0.1, 0.15) is 5.88 Å². The van der Waals surface area contributed by atoms with Gasteiger partial charge in [-0.25, -0.2) is 0 Å². The molecule has 1 saturated heterocycles. The Bertz CT molecular complexity index is 857. The number of amides is 4. The van der Waals surface area contributed by atoms with Gasteiger partial charge >= 0.3 is 0 Å². The van der Waals surface area contributed by atoms with Crippen molar-refractivity contribution >= 4 is 35.2 Å². The van der Waals surface area contributed by atoms with Crippen molar-refractivity contribution in [3.63, 3.8) is 0 Å². The first-order valence-corrected chi connectivity index (χ1v) is 10.7. The molecule has 154 valence electrons. The van der Waals surface area contributed by atoms with Gasteiger partial charge in [-0.1, -0.05) is 19.3 Å². The first-order chi connectivity index (χ1) is 14.0. The Kier molecular flexibility index (Phi) is 5.58. The van der Waals surface area contributed by atoms with Crippen LogP contribution >= 0.6 is 11.6 Å². The zero-order valence-corrected chi connectivity index (χ0v) is 17.0. The molecule has 0 spiro atoms. The summed E-state index contributed by atoms with van der Waals surface area (Å²) in [5.41, 5.74) is 1.10. The molecule has 0 aromatic heterocycles. The van der Waals surface area contributed by atoms with Crippen LogP contribution in [0.25, 0.3) is 0 Å². The Hall–Kier alpha value is -2.41. The van der Waals surface area contributed by atoms with E-state index in [2.05, 4.69) is 0 Å². The summed E-state index contributed by atoms with van der Waals surface area (Å²) in [4.78, 5) is 55.0. The van der Waals surface area contributed by atoms with E-state index in [1.165, 1.54) is 4.90 Å². The van der Waals surface area contributed by atoms with Crippen LogP contribution in [-0.2, 0) is 4.79 Å². The third-order valence-electron chi connectivity index (χ3n) is 6.14. The number of alkyl halides is 1. The minimum absolute atomic E-state index is 0.0390. The van der Waals surface area contributed by atoms with E-state index in [9.17, 15) is 19.2 Å². The second-order valence-corrected chi connectivity index (χ2v) is 8.11. The van der Waals surface area contributed by atoms with Gasteiger partial charge in [0.2, 0.25) is 5.91 Å². The fourth-order valence-corrected chi connectivity index (χ4v) is 4.66. The van der Waals surface area contributed by atoms with E-state index in [4.69, 9.17) is 11.6 Å². The summed E-state index contributed by atoms with van der Waals surface area (Å²) in [5, 5.41) is 0. The van der Waals surface area contributed by atoms with Gasteiger partial charge in [-0.2, -0.15) is 0 Å². The van der Waals surface area contributed by atoms with E-state index in [-0.39, 0.29) is 35.6 Å². The second-order valence-electron chi connectivity index (χ2n) is 7.84. The molecule has 4 rings (SSSR count). The number of benzene rings is 1. The maximum atomic E-state index is 12.9. The number of fused-ring (bicyclic) bond motifs is 1. The van der Waals surface area contributed by atoms with Gasteiger partial charge in [-0.15, -0.1) is 11.6 Å². The summed E-state index contributed by atoms with van der Waals surface area (Å²) in [6, 6.07) is 4.73. The lowest BCUT2D eigenvalue weighted by Crippen LogP contribution is -2.51. The summed E-state index contributed by atoms with van der Waals surface area (Å²) in [5.74, 6) is -0.926. The summed E-state index contributed by atoms with van der Waals surface area (Å²) < 4.78 is 0. The summed E-state index contributed by atoms with van der Waals surface area (Å²) in [6.07, 6.45) is 4.90. The van der Waals surface area contributed by atoms with Crippen LogP contribution in [0.3, 0.4) is 0 Å². The Labute approximate surface area is 174 Å². The fraction of sp³-hybridized carbons (Fsp3) is 0.524. The molecule has 0 bridgehead atoms. The fourth-order valence-electron chi connectivity index (χ4n) is 4.49. The molecule has 1 aromatic carbocycles. The third kappa shape index (κ3) is 3.64. The normalized spacial score (nSPS) is 20.2. The second kappa shape index (κ2) is 8.14. The molecule has 0 radical (unpaired) electrons. The predicted molar refractivity (Wildman–Crippen MR) is 107 cm³/mol. The molecule has 2 aliphatic heterocycles. The Morgan fingerprint density at radius 2 is 1.52 bits per heavy atom. The van der Waals surface area contributed by atoms with Crippen LogP contribution in [0.15, 0.2) is 18.2 Å². The minimum Gasteiger partial charge on any atom is -0.338 e. The highest BCUT2D eigenvalue weighted by molar-refractivity contribution is 6.27. The molecule has 1 aromatic rings. The molecule has 2 heterocycles. The van der Waals surface area contributed by atoms with Crippen LogP contribution in [0.1, 0.15) is 63.2 Å². The Balaban J connectivity index is 1.49. The van der Waals surface area contributed by atoms with Crippen LogP contribution in [0.4, 0.5) is 0 Å². The molecule has 29 heavy (non-hydrogen) atoms. The molecule has 8 heteroatoms. The van der Waals surface area contributed by atoms with Crippen LogP contribution in [-0.4, -0.2) is 76.4 Å². The van der Waals surface area contributed by atoms with E-state index in [1.807, 2.05) is 0 Å². The zero-order chi connectivity index (χ0) is 20.5. The van der Waals surface area contributed by atoms with Crippen molar-refractivity contribution in [3.05, 3.63) is 34.9 Å². The van der Waals surface area contributed by atoms with Crippen molar-refractivity contribution in [2.45, 2.75) is 38.1 Å². The van der Waals surface area contributed by atoms with E-state index in [0.29, 0.717) is 42.9 Å². The quantitative estimate of drug-likeness (QED) is 0.557. The largest absolute Gasteiger partial charge is 0.338 e. The highest BCUT2D eigenvalue weighted by Crippen LogP contribution is 2.31. The number of hydrogen-bond donors (Lipinski definition) is 0. The number of piperazine rings is 1. The van der Waals surface area contributed by atoms with Crippen LogP contribution in [0, 0.1) is 0 Å². The standard InChI is InChI=1S/C21H24ClN3O4/c22-13-18(26)23-8-10-24(11-9-23)19(27)14-6-7-16-17(12-14)21(29)25(20(16)28)15-4-2-1-3-5-15/h6-7,12,15H,1-5,8-11,13H2. The first kappa shape index (κ1) is 19.9. The third-order valence-corrected chi connectivity index (χ3v) is 6.37. The molecule has 7 nitrogen and oxygen atoms in total. The maximum Gasteiger partial charge on any atom is 0.261 e. The summed E-state index contributed by atoms with van der Waals surface area (Å²) in [6.45, 7) is 1.71. The van der Waals surface area contributed by atoms with Crippen LogP contribution in [0.2, 0.25) is 0 Å². The van der Waals surface area contributed by atoms with Crippen molar-refractivity contribution in [3.8, 4) is 0 Å². The molecule has 0 unspecified atom stereocenters. The van der Waals surface area contributed by atoms with Crippen LogP contribution < -0.4 is 0 Å². The van der Waals surface area contributed by atoms with Crippen molar-refractivity contribution in [2.24, 2.45) is 0 Å². The number of halogens is 1. The van der Waals surface area contributed by atoms with Gasteiger partial charge in [0.05, 0.1) is 11.1 Å². The number of carbonyl (C=O) groups excluding carboxylic acids is 4. The van der Waals surface area contributed by atoms with Crippen molar-refractivity contribution in [1.82, 2.24) is 14.7 Å². The highest BCUT2D eigenvalue weighted by atomic mass is 35.5. The van der Waals surface area contributed by atoms with E-state index < -0.39 is 0 Å². The average molecular weight is 418 g/mol. The van der Waals surface area contributed by atoms with Gasteiger partial charge in [0.15, 0.2) is 0 Å². The highest BCUT2D eigenvalue weighted by Gasteiger charge is 2.40. The Morgan fingerprint density at radius 1 is 0.897 bits per heavy atom. The summed E-state index contributed by atoms with van der Waals surface area (Å²) in [7, 11) is 0. The maximum absolute atomic E-state index is 12.9. The minimum atomic E-state index is -0.288. The molecule has 3 aliphatic rings.